The predicted molar refractivity (Wildman–Crippen MR) is 87.6 cm³/mol. The van der Waals surface area contributed by atoms with E-state index in [0.717, 1.165) is 31.2 Å². The van der Waals surface area contributed by atoms with Crippen LogP contribution in [0.25, 0.3) is 0 Å². The fourth-order valence-corrected chi connectivity index (χ4v) is 1.46. The molecule has 0 atom stereocenters. The maximum Gasteiger partial charge on any atom is 0.190 e. The van der Waals surface area contributed by atoms with Crippen LogP contribution < -0.4 is 10.6 Å². The highest BCUT2D eigenvalue weighted by molar-refractivity contribution is 14.0. The molecule has 0 unspecified atom stereocenters. The molecule has 0 aliphatic carbocycles. The van der Waals surface area contributed by atoms with Crippen LogP contribution in [-0.4, -0.2) is 31.1 Å². The first-order valence-corrected chi connectivity index (χ1v) is 6.21. The fourth-order valence-electron chi connectivity index (χ4n) is 1.46. The molecule has 0 aromatic carbocycles. The standard InChI is InChI=1S/C13H22N4.HI/c1-3-4-9-16-13(14-2)17-11-8-12-7-5-6-10-15-12;/h5-7,10H,3-4,8-9,11H2,1-2H3,(H2,14,16,17);1H. The largest absolute Gasteiger partial charge is 0.356 e. The molecule has 0 spiro atoms. The highest BCUT2D eigenvalue weighted by Crippen LogP contribution is 1.92. The summed E-state index contributed by atoms with van der Waals surface area (Å²) < 4.78 is 0. The lowest BCUT2D eigenvalue weighted by Gasteiger charge is -2.11. The first-order chi connectivity index (χ1) is 8.36. The first kappa shape index (κ1) is 17.2. The van der Waals surface area contributed by atoms with Gasteiger partial charge in [-0.3, -0.25) is 9.98 Å². The Kier molecular flexibility index (Phi) is 10.7. The molecular weight excluding hydrogens is 339 g/mol. The molecule has 4 nitrogen and oxygen atoms in total. The van der Waals surface area contributed by atoms with Crippen molar-refractivity contribution >= 4 is 29.9 Å². The topological polar surface area (TPSA) is 49.3 Å². The molecule has 0 amide bonds. The molecule has 5 heteroatoms. The van der Waals surface area contributed by atoms with Crippen molar-refractivity contribution in [2.45, 2.75) is 26.2 Å². The van der Waals surface area contributed by atoms with Gasteiger partial charge in [0.05, 0.1) is 0 Å². The summed E-state index contributed by atoms with van der Waals surface area (Å²) in [5.74, 6) is 0.870. The number of pyridine rings is 1. The third-order valence-electron chi connectivity index (χ3n) is 2.45. The monoisotopic (exact) mass is 362 g/mol. The zero-order valence-electron chi connectivity index (χ0n) is 11.1. The minimum Gasteiger partial charge on any atom is -0.356 e. The van der Waals surface area contributed by atoms with Gasteiger partial charge in [-0.1, -0.05) is 19.4 Å². The number of hydrogen-bond acceptors (Lipinski definition) is 2. The van der Waals surface area contributed by atoms with Crippen LogP contribution in [-0.2, 0) is 6.42 Å². The van der Waals surface area contributed by atoms with Gasteiger partial charge in [-0.25, -0.2) is 0 Å². The molecular formula is C13H23IN4. The smallest absolute Gasteiger partial charge is 0.190 e. The Morgan fingerprint density at radius 3 is 2.67 bits per heavy atom. The van der Waals surface area contributed by atoms with Gasteiger partial charge >= 0.3 is 0 Å². The Balaban J connectivity index is 0.00000289. The van der Waals surface area contributed by atoms with Crippen LogP contribution in [0.5, 0.6) is 0 Å². The summed E-state index contributed by atoms with van der Waals surface area (Å²) >= 11 is 0. The number of nitrogens with zero attached hydrogens (tertiary/aromatic N) is 2. The van der Waals surface area contributed by atoms with Gasteiger partial charge in [-0.15, -0.1) is 24.0 Å². The van der Waals surface area contributed by atoms with E-state index >= 15 is 0 Å². The van der Waals surface area contributed by atoms with Gasteiger partial charge < -0.3 is 10.6 Å². The number of rotatable bonds is 6. The molecule has 1 aromatic rings. The van der Waals surface area contributed by atoms with Crippen molar-refractivity contribution in [1.82, 2.24) is 15.6 Å². The molecule has 18 heavy (non-hydrogen) atoms. The van der Waals surface area contributed by atoms with Crippen LogP contribution in [0.15, 0.2) is 29.4 Å². The van der Waals surface area contributed by atoms with Crippen molar-refractivity contribution in [3.63, 3.8) is 0 Å². The van der Waals surface area contributed by atoms with E-state index in [2.05, 4.69) is 27.5 Å². The van der Waals surface area contributed by atoms with Gasteiger partial charge in [0.15, 0.2) is 5.96 Å². The van der Waals surface area contributed by atoms with E-state index in [-0.39, 0.29) is 24.0 Å². The minimum absolute atomic E-state index is 0. The molecule has 1 rings (SSSR count). The van der Waals surface area contributed by atoms with E-state index < -0.39 is 0 Å². The lowest BCUT2D eigenvalue weighted by Crippen LogP contribution is -2.38. The van der Waals surface area contributed by atoms with Crippen LogP contribution in [0, 0.1) is 0 Å². The fraction of sp³-hybridized carbons (Fsp3) is 0.538. The van der Waals surface area contributed by atoms with Gasteiger partial charge in [0.2, 0.25) is 0 Å². The number of halogens is 1. The quantitative estimate of drug-likeness (QED) is 0.353. The lowest BCUT2D eigenvalue weighted by molar-refractivity contribution is 0.724. The number of aliphatic imine (C=N–C) groups is 1. The summed E-state index contributed by atoms with van der Waals surface area (Å²) in [4.78, 5) is 8.44. The summed E-state index contributed by atoms with van der Waals surface area (Å²) in [7, 11) is 1.79. The lowest BCUT2D eigenvalue weighted by atomic mass is 10.3. The number of guanidine groups is 1. The Labute approximate surface area is 127 Å². The van der Waals surface area contributed by atoms with Gasteiger partial charge in [-0.2, -0.15) is 0 Å². The van der Waals surface area contributed by atoms with Crippen molar-refractivity contribution in [2.24, 2.45) is 4.99 Å². The normalized spacial score (nSPS) is 10.7. The molecule has 0 aliphatic heterocycles. The third-order valence-corrected chi connectivity index (χ3v) is 2.45. The minimum atomic E-state index is 0. The Morgan fingerprint density at radius 2 is 2.06 bits per heavy atom. The summed E-state index contributed by atoms with van der Waals surface area (Å²) in [6, 6.07) is 5.98. The van der Waals surface area contributed by atoms with E-state index in [0.29, 0.717) is 0 Å². The van der Waals surface area contributed by atoms with Crippen LogP contribution in [0.4, 0.5) is 0 Å². The predicted octanol–water partition coefficient (Wildman–Crippen LogP) is 2.21. The molecule has 2 N–H and O–H groups in total. The average Bonchev–Trinajstić information content (AvgIpc) is 2.38. The molecule has 0 saturated carbocycles. The van der Waals surface area contributed by atoms with Gasteiger partial charge in [0.25, 0.3) is 0 Å². The maximum absolute atomic E-state index is 4.28. The summed E-state index contributed by atoms with van der Waals surface area (Å²) in [6.45, 7) is 4.00. The maximum atomic E-state index is 4.28. The first-order valence-electron chi connectivity index (χ1n) is 6.21. The van der Waals surface area contributed by atoms with E-state index in [4.69, 9.17) is 0 Å². The molecule has 102 valence electrons. The van der Waals surface area contributed by atoms with Gasteiger partial charge in [0.1, 0.15) is 0 Å². The van der Waals surface area contributed by atoms with E-state index in [9.17, 15) is 0 Å². The van der Waals surface area contributed by atoms with Crippen molar-refractivity contribution in [3.05, 3.63) is 30.1 Å². The zero-order chi connectivity index (χ0) is 12.3. The van der Waals surface area contributed by atoms with Crippen LogP contribution >= 0.6 is 24.0 Å². The molecule has 0 fully saturated rings. The highest BCUT2D eigenvalue weighted by Gasteiger charge is 1.97. The van der Waals surface area contributed by atoms with Gasteiger partial charge in [0, 0.05) is 38.4 Å². The van der Waals surface area contributed by atoms with Crippen LogP contribution in [0.1, 0.15) is 25.5 Å². The Bertz CT molecular complexity index is 327. The van der Waals surface area contributed by atoms with Crippen LogP contribution in [0.2, 0.25) is 0 Å². The van der Waals surface area contributed by atoms with E-state index in [1.54, 1.807) is 7.05 Å². The zero-order valence-corrected chi connectivity index (χ0v) is 13.5. The van der Waals surface area contributed by atoms with Crippen molar-refractivity contribution in [3.8, 4) is 0 Å². The van der Waals surface area contributed by atoms with E-state index in [1.165, 1.54) is 12.8 Å². The molecule has 0 aliphatic rings. The average molecular weight is 362 g/mol. The summed E-state index contributed by atoms with van der Waals surface area (Å²) in [5, 5.41) is 6.55. The number of aromatic nitrogens is 1. The van der Waals surface area contributed by atoms with Crippen molar-refractivity contribution < 1.29 is 0 Å². The van der Waals surface area contributed by atoms with Crippen molar-refractivity contribution in [1.29, 1.82) is 0 Å². The SMILES string of the molecule is CCCCNC(=NC)NCCc1ccccn1.I. The highest BCUT2D eigenvalue weighted by atomic mass is 127. The molecule has 0 saturated heterocycles. The summed E-state index contributed by atoms with van der Waals surface area (Å²) in [6.07, 6.45) is 5.10. The number of nitrogens with one attached hydrogen (secondary N) is 2. The van der Waals surface area contributed by atoms with Crippen molar-refractivity contribution in [2.75, 3.05) is 20.1 Å². The van der Waals surface area contributed by atoms with Gasteiger partial charge in [-0.05, 0) is 18.6 Å². The third kappa shape index (κ3) is 7.47. The molecule has 1 heterocycles. The molecule has 0 bridgehead atoms. The second kappa shape index (κ2) is 11.3. The molecule has 1 aromatic heterocycles. The summed E-state index contributed by atoms with van der Waals surface area (Å²) in [5.41, 5.74) is 1.10. The number of hydrogen-bond donors (Lipinski definition) is 2. The second-order valence-electron chi connectivity index (χ2n) is 3.85. The van der Waals surface area contributed by atoms with Crippen LogP contribution in [0.3, 0.4) is 0 Å². The number of unbranched alkanes of at least 4 members (excludes halogenated alkanes) is 1. The molecule has 0 radical (unpaired) electrons. The Morgan fingerprint density at radius 1 is 1.28 bits per heavy atom. The Hall–Kier alpha value is -0.850. The van der Waals surface area contributed by atoms with E-state index in [1.807, 2.05) is 24.4 Å². The second-order valence-corrected chi connectivity index (χ2v) is 3.85.